The van der Waals surface area contributed by atoms with Crippen LogP contribution in [0.15, 0.2) is 17.2 Å². The highest BCUT2D eigenvalue weighted by Crippen LogP contribution is 2.36. The molecule has 1 N–H and O–H groups in total. The summed E-state index contributed by atoms with van der Waals surface area (Å²) >= 11 is 6.20. The van der Waals surface area contributed by atoms with Gasteiger partial charge in [-0.05, 0) is 24.6 Å². The van der Waals surface area contributed by atoms with Crippen molar-refractivity contribution in [3.05, 3.63) is 22.7 Å². The minimum atomic E-state index is -0.278. The molecule has 23 heavy (non-hydrogen) atoms. The second-order valence-corrected chi connectivity index (χ2v) is 5.17. The molecule has 0 unspecified atom stereocenters. The fraction of sp³-hybridized carbons (Fsp3) is 0.400. The Kier molecular flexibility index (Phi) is 7.34. The maximum Gasteiger partial charge on any atom is 0.259 e. The zero-order valence-electron chi connectivity index (χ0n) is 13.6. The van der Waals surface area contributed by atoms with E-state index in [2.05, 4.69) is 10.5 Å². The first-order chi connectivity index (χ1) is 10.8. The van der Waals surface area contributed by atoms with Crippen LogP contribution in [0.3, 0.4) is 0 Å². The van der Waals surface area contributed by atoms with E-state index in [9.17, 15) is 9.59 Å². The monoisotopic (exact) mass is 341 g/mol. The van der Waals surface area contributed by atoms with Crippen LogP contribution in [0.4, 0.5) is 0 Å². The topological polar surface area (TPSA) is 80.2 Å². The number of carbonyl (C=O) groups is 2. The smallest absolute Gasteiger partial charge is 0.259 e. The quantitative estimate of drug-likeness (QED) is 0.604. The Bertz CT molecular complexity index is 603. The molecule has 0 aliphatic rings. The van der Waals surface area contributed by atoms with Crippen LogP contribution in [0.5, 0.6) is 11.5 Å². The standard InChI is InChI=1S/C15H20ClN3O4/c1-5-22-13-7-11(8-17-18-10(2)20)6-12(16)15(13)23-9-14(21)19(3)4/h6-8H,5,9H2,1-4H3,(H,18,20)/b17-8-. The van der Waals surface area contributed by atoms with Gasteiger partial charge in [0.15, 0.2) is 18.1 Å². The second-order valence-electron chi connectivity index (χ2n) is 4.77. The molecule has 8 heteroatoms. The normalized spacial score (nSPS) is 10.5. The van der Waals surface area contributed by atoms with Crippen LogP contribution in [-0.2, 0) is 9.59 Å². The Hall–Kier alpha value is -2.28. The van der Waals surface area contributed by atoms with E-state index in [1.807, 2.05) is 6.92 Å². The van der Waals surface area contributed by atoms with Gasteiger partial charge in [-0.3, -0.25) is 9.59 Å². The van der Waals surface area contributed by atoms with E-state index in [0.717, 1.165) is 0 Å². The molecule has 0 bridgehead atoms. The summed E-state index contributed by atoms with van der Waals surface area (Å²) in [6, 6.07) is 3.26. The van der Waals surface area contributed by atoms with E-state index >= 15 is 0 Å². The number of likely N-dealkylation sites (N-methyl/N-ethyl adjacent to an activating group) is 1. The SMILES string of the molecule is CCOc1cc(/C=N\NC(C)=O)cc(Cl)c1OCC(=O)N(C)C. The van der Waals surface area contributed by atoms with Gasteiger partial charge in [0.25, 0.3) is 5.91 Å². The molecule has 0 atom stereocenters. The number of benzene rings is 1. The molecule has 7 nitrogen and oxygen atoms in total. The van der Waals surface area contributed by atoms with Crippen molar-refractivity contribution >= 4 is 29.6 Å². The van der Waals surface area contributed by atoms with Crippen molar-refractivity contribution in [3.8, 4) is 11.5 Å². The lowest BCUT2D eigenvalue weighted by Gasteiger charge is -2.16. The van der Waals surface area contributed by atoms with Gasteiger partial charge >= 0.3 is 0 Å². The number of hydrazone groups is 1. The van der Waals surface area contributed by atoms with Crippen molar-refractivity contribution in [2.75, 3.05) is 27.3 Å². The molecule has 1 aromatic rings. The second kappa shape index (κ2) is 8.99. The summed E-state index contributed by atoms with van der Waals surface area (Å²) in [6.45, 7) is 3.43. The highest BCUT2D eigenvalue weighted by Gasteiger charge is 2.14. The van der Waals surface area contributed by atoms with E-state index < -0.39 is 0 Å². The number of hydrogen-bond donors (Lipinski definition) is 1. The van der Waals surface area contributed by atoms with Gasteiger partial charge in [-0.15, -0.1) is 0 Å². The van der Waals surface area contributed by atoms with Crippen molar-refractivity contribution in [3.63, 3.8) is 0 Å². The summed E-state index contributed by atoms with van der Waals surface area (Å²) in [7, 11) is 3.27. The van der Waals surface area contributed by atoms with Gasteiger partial charge in [-0.2, -0.15) is 5.10 Å². The summed E-state index contributed by atoms with van der Waals surface area (Å²) in [5, 5.41) is 4.05. The lowest BCUT2D eigenvalue weighted by molar-refractivity contribution is -0.130. The van der Waals surface area contributed by atoms with Gasteiger partial charge < -0.3 is 14.4 Å². The summed E-state index contributed by atoms with van der Waals surface area (Å²) in [6.07, 6.45) is 1.44. The molecule has 0 heterocycles. The zero-order valence-corrected chi connectivity index (χ0v) is 14.3. The molecule has 1 rings (SSSR count). The Labute approximate surface area is 140 Å². The summed E-state index contributed by atoms with van der Waals surface area (Å²) in [4.78, 5) is 23.8. The van der Waals surface area contributed by atoms with Gasteiger partial charge in [0.05, 0.1) is 17.8 Å². The highest BCUT2D eigenvalue weighted by atomic mass is 35.5. The van der Waals surface area contributed by atoms with Crippen LogP contribution in [-0.4, -0.2) is 50.2 Å². The van der Waals surface area contributed by atoms with E-state index in [0.29, 0.717) is 23.7 Å². The first kappa shape index (κ1) is 18.8. The number of hydrogen-bond acceptors (Lipinski definition) is 5. The fourth-order valence-corrected chi connectivity index (χ4v) is 1.80. The minimum absolute atomic E-state index is 0.147. The molecule has 1 aromatic carbocycles. The Balaban J connectivity index is 2.99. The van der Waals surface area contributed by atoms with Crippen LogP contribution in [0, 0.1) is 0 Å². The maximum absolute atomic E-state index is 11.6. The van der Waals surface area contributed by atoms with Crippen molar-refractivity contribution in [2.24, 2.45) is 5.10 Å². The van der Waals surface area contributed by atoms with E-state index in [4.69, 9.17) is 21.1 Å². The minimum Gasteiger partial charge on any atom is -0.490 e. The molecule has 2 amide bonds. The van der Waals surface area contributed by atoms with Crippen molar-refractivity contribution in [1.82, 2.24) is 10.3 Å². The van der Waals surface area contributed by atoms with Crippen molar-refractivity contribution < 1.29 is 19.1 Å². The number of ether oxygens (including phenoxy) is 2. The Morgan fingerprint density at radius 3 is 2.61 bits per heavy atom. The first-order valence-corrected chi connectivity index (χ1v) is 7.31. The molecule has 0 saturated heterocycles. The van der Waals surface area contributed by atoms with E-state index in [1.165, 1.54) is 18.0 Å². The molecular formula is C15H20ClN3O4. The third-order valence-corrected chi connectivity index (χ3v) is 2.89. The first-order valence-electron chi connectivity index (χ1n) is 6.94. The number of halogens is 1. The van der Waals surface area contributed by atoms with Gasteiger partial charge in [0.1, 0.15) is 0 Å². The number of nitrogens with one attached hydrogen (secondary N) is 1. The average molecular weight is 342 g/mol. The predicted octanol–water partition coefficient (Wildman–Crippen LogP) is 1.68. The molecule has 0 fully saturated rings. The summed E-state index contributed by atoms with van der Waals surface area (Å²) < 4.78 is 11.0. The number of carbonyl (C=O) groups excluding carboxylic acids is 2. The molecule has 126 valence electrons. The third kappa shape index (κ3) is 6.15. The van der Waals surface area contributed by atoms with Crippen LogP contribution in [0.1, 0.15) is 19.4 Å². The van der Waals surface area contributed by atoms with Crippen LogP contribution in [0.25, 0.3) is 0 Å². The fourth-order valence-electron chi connectivity index (χ4n) is 1.53. The van der Waals surface area contributed by atoms with Crippen molar-refractivity contribution in [2.45, 2.75) is 13.8 Å². The van der Waals surface area contributed by atoms with Crippen LogP contribution < -0.4 is 14.9 Å². The molecular weight excluding hydrogens is 322 g/mol. The van der Waals surface area contributed by atoms with Crippen LogP contribution in [0.2, 0.25) is 5.02 Å². The number of nitrogens with zero attached hydrogens (tertiary/aromatic N) is 2. The largest absolute Gasteiger partial charge is 0.490 e. The molecule has 0 saturated carbocycles. The average Bonchev–Trinajstić information content (AvgIpc) is 2.45. The molecule has 0 aromatic heterocycles. The lowest BCUT2D eigenvalue weighted by atomic mass is 10.2. The molecule has 0 aliphatic heterocycles. The number of amides is 2. The van der Waals surface area contributed by atoms with Gasteiger partial charge in [-0.1, -0.05) is 11.6 Å². The Morgan fingerprint density at radius 1 is 1.35 bits per heavy atom. The number of rotatable bonds is 7. The van der Waals surface area contributed by atoms with Gasteiger partial charge in [0.2, 0.25) is 5.91 Å². The van der Waals surface area contributed by atoms with Gasteiger partial charge in [-0.25, -0.2) is 5.43 Å². The summed E-state index contributed by atoms with van der Waals surface area (Å²) in [5.41, 5.74) is 2.92. The van der Waals surface area contributed by atoms with Gasteiger partial charge in [0, 0.05) is 21.0 Å². The van der Waals surface area contributed by atoms with E-state index in [1.54, 1.807) is 26.2 Å². The third-order valence-electron chi connectivity index (χ3n) is 2.61. The zero-order chi connectivity index (χ0) is 17.4. The van der Waals surface area contributed by atoms with Crippen molar-refractivity contribution in [1.29, 1.82) is 0 Å². The van der Waals surface area contributed by atoms with E-state index in [-0.39, 0.29) is 23.4 Å². The summed E-state index contributed by atoms with van der Waals surface area (Å²) in [5.74, 6) is 0.218. The molecule has 0 radical (unpaired) electrons. The lowest BCUT2D eigenvalue weighted by Crippen LogP contribution is -2.27. The maximum atomic E-state index is 11.6. The van der Waals surface area contributed by atoms with Crippen LogP contribution >= 0.6 is 11.6 Å². The predicted molar refractivity (Wildman–Crippen MR) is 88.2 cm³/mol. The Morgan fingerprint density at radius 2 is 2.04 bits per heavy atom. The highest BCUT2D eigenvalue weighted by molar-refractivity contribution is 6.32. The molecule has 0 spiro atoms. The molecule has 0 aliphatic carbocycles.